The lowest BCUT2D eigenvalue weighted by molar-refractivity contribution is -0.154. The number of carbonyl (C=O) groups is 2. The van der Waals surface area contributed by atoms with E-state index in [1.807, 2.05) is 19.1 Å². The molecule has 1 unspecified atom stereocenters. The number of piperazine rings is 1. The van der Waals surface area contributed by atoms with Crippen molar-refractivity contribution in [1.82, 2.24) is 14.8 Å². The SMILES string of the molecule is CCNc1ccc(CN2CC(=O)N3CCCC3C2=O)cn1. The van der Waals surface area contributed by atoms with E-state index in [1.165, 1.54) is 0 Å². The van der Waals surface area contributed by atoms with Gasteiger partial charge in [0.25, 0.3) is 0 Å². The van der Waals surface area contributed by atoms with Crippen molar-refractivity contribution in [2.75, 3.05) is 25.0 Å². The van der Waals surface area contributed by atoms with Crippen molar-refractivity contribution >= 4 is 17.6 Å². The van der Waals surface area contributed by atoms with Crippen LogP contribution in [0, 0.1) is 0 Å². The van der Waals surface area contributed by atoms with Gasteiger partial charge in [0.1, 0.15) is 18.4 Å². The Labute approximate surface area is 124 Å². The molecule has 0 bridgehead atoms. The van der Waals surface area contributed by atoms with Crippen molar-refractivity contribution in [3.63, 3.8) is 0 Å². The van der Waals surface area contributed by atoms with E-state index in [2.05, 4.69) is 10.3 Å². The van der Waals surface area contributed by atoms with Gasteiger partial charge in [-0.1, -0.05) is 6.07 Å². The Bertz CT molecular complexity index is 543. The molecule has 2 saturated heterocycles. The first kappa shape index (κ1) is 13.9. The second-order valence-corrected chi connectivity index (χ2v) is 5.52. The number of amides is 2. The van der Waals surface area contributed by atoms with Crippen LogP contribution in [0.1, 0.15) is 25.3 Å². The van der Waals surface area contributed by atoms with E-state index in [0.717, 1.165) is 37.3 Å². The van der Waals surface area contributed by atoms with Crippen LogP contribution in [0.25, 0.3) is 0 Å². The molecule has 2 fully saturated rings. The molecular weight excluding hydrogens is 268 g/mol. The molecule has 0 aliphatic carbocycles. The van der Waals surface area contributed by atoms with Crippen LogP contribution in [0.15, 0.2) is 18.3 Å². The predicted octanol–water partition coefficient (Wildman–Crippen LogP) is 0.847. The van der Waals surface area contributed by atoms with Gasteiger partial charge in [-0.05, 0) is 31.4 Å². The average molecular weight is 288 g/mol. The molecule has 0 radical (unpaired) electrons. The molecule has 6 nitrogen and oxygen atoms in total. The lowest BCUT2D eigenvalue weighted by Crippen LogP contribution is -2.56. The lowest BCUT2D eigenvalue weighted by atomic mass is 10.1. The van der Waals surface area contributed by atoms with E-state index in [0.29, 0.717) is 6.54 Å². The van der Waals surface area contributed by atoms with Gasteiger partial charge in [0, 0.05) is 25.8 Å². The summed E-state index contributed by atoms with van der Waals surface area (Å²) >= 11 is 0. The Balaban J connectivity index is 1.69. The van der Waals surface area contributed by atoms with Gasteiger partial charge in [-0.3, -0.25) is 9.59 Å². The summed E-state index contributed by atoms with van der Waals surface area (Å²) in [6.45, 7) is 4.20. The fraction of sp³-hybridized carbons (Fsp3) is 0.533. The third-order valence-electron chi connectivity index (χ3n) is 4.05. The summed E-state index contributed by atoms with van der Waals surface area (Å²) < 4.78 is 0. The maximum absolute atomic E-state index is 12.4. The second kappa shape index (κ2) is 5.71. The normalized spacial score (nSPS) is 21.7. The molecular formula is C15H20N4O2. The van der Waals surface area contributed by atoms with Crippen LogP contribution in [0.3, 0.4) is 0 Å². The molecule has 1 aromatic rings. The van der Waals surface area contributed by atoms with Crippen LogP contribution < -0.4 is 5.32 Å². The fourth-order valence-corrected chi connectivity index (χ4v) is 3.02. The molecule has 21 heavy (non-hydrogen) atoms. The monoisotopic (exact) mass is 288 g/mol. The standard InChI is InChI=1S/C15H20N4O2/c1-2-16-13-6-5-11(8-17-13)9-18-10-14(20)19-7-3-4-12(19)15(18)21/h5-6,8,12H,2-4,7,9-10H2,1H3,(H,16,17). The third kappa shape index (κ3) is 2.70. The molecule has 0 aromatic carbocycles. The highest BCUT2D eigenvalue weighted by atomic mass is 16.2. The summed E-state index contributed by atoms with van der Waals surface area (Å²) in [5.74, 6) is 0.960. The first-order valence-electron chi connectivity index (χ1n) is 7.46. The largest absolute Gasteiger partial charge is 0.370 e. The van der Waals surface area contributed by atoms with Crippen molar-refractivity contribution in [2.24, 2.45) is 0 Å². The quantitative estimate of drug-likeness (QED) is 0.892. The lowest BCUT2D eigenvalue weighted by Gasteiger charge is -2.36. The molecule has 3 rings (SSSR count). The molecule has 1 aromatic heterocycles. The molecule has 112 valence electrons. The number of nitrogens with zero attached hydrogens (tertiary/aromatic N) is 3. The van der Waals surface area contributed by atoms with Crippen molar-refractivity contribution in [1.29, 1.82) is 0 Å². The summed E-state index contributed by atoms with van der Waals surface area (Å²) in [7, 11) is 0. The van der Waals surface area contributed by atoms with Crippen molar-refractivity contribution in [2.45, 2.75) is 32.4 Å². The van der Waals surface area contributed by atoms with Gasteiger partial charge in [0.2, 0.25) is 11.8 Å². The Kier molecular flexibility index (Phi) is 3.77. The van der Waals surface area contributed by atoms with Gasteiger partial charge in [-0.25, -0.2) is 4.98 Å². The molecule has 2 amide bonds. The Morgan fingerprint density at radius 1 is 1.38 bits per heavy atom. The molecule has 6 heteroatoms. The molecule has 3 heterocycles. The van der Waals surface area contributed by atoms with Gasteiger partial charge in [0.05, 0.1) is 0 Å². The van der Waals surface area contributed by atoms with Gasteiger partial charge in [-0.15, -0.1) is 0 Å². The minimum atomic E-state index is -0.236. The summed E-state index contributed by atoms with van der Waals surface area (Å²) in [6, 6.07) is 3.61. The summed E-state index contributed by atoms with van der Waals surface area (Å²) in [5.41, 5.74) is 0.948. The highest BCUT2D eigenvalue weighted by molar-refractivity contribution is 5.95. The summed E-state index contributed by atoms with van der Waals surface area (Å²) in [5, 5.41) is 3.13. The summed E-state index contributed by atoms with van der Waals surface area (Å²) in [4.78, 5) is 32.2. The van der Waals surface area contributed by atoms with Crippen molar-refractivity contribution < 1.29 is 9.59 Å². The number of rotatable bonds is 4. The molecule has 2 aliphatic rings. The van der Waals surface area contributed by atoms with Gasteiger partial charge in [0.15, 0.2) is 0 Å². The summed E-state index contributed by atoms with van der Waals surface area (Å²) in [6.07, 6.45) is 3.48. The number of hydrogen-bond acceptors (Lipinski definition) is 4. The van der Waals surface area contributed by atoms with Crippen LogP contribution in [0.2, 0.25) is 0 Å². The van der Waals surface area contributed by atoms with Crippen molar-refractivity contribution in [3.05, 3.63) is 23.9 Å². The molecule has 2 aliphatic heterocycles. The zero-order chi connectivity index (χ0) is 14.8. The minimum Gasteiger partial charge on any atom is -0.370 e. The first-order chi connectivity index (χ1) is 10.2. The van der Waals surface area contributed by atoms with Gasteiger partial charge < -0.3 is 15.1 Å². The van der Waals surface area contributed by atoms with Crippen molar-refractivity contribution in [3.8, 4) is 0 Å². The van der Waals surface area contributed by atoms with E-state index in [1.54, 1.807) is 16.0 Å². The minimum absolute atomic E-state index is 0.0642. The van der Waals surface area contributed by atoms with Crippen LogP contribution in [-0.4, -0.2) is 52.3 Å². The first-order valence-corrected chi connectivity index (χ1v) is 7.46. The van der Waals surface area contributed by atoms with Gasteiger partial charge >= 0.3 is 0 Å². The highest BCUT2D eigenvalue weighted by Crippen LogP contribution is 2.24. The Morgan fingerprint density at radius 2 is 2.24 bits per heavy atom. The number of aromatic nitrogens is 1. The van der Waals surface area contributed by atoms with E-state index in [-0.39, 0.29) is 24.4 Å². The second-order valence-electron chi connectivity index (χ2n) is 5.52. The van der Waals surface area contributed by atoms with E-state index < -0.39 is 0 Å². The highest BCUT2D eigenvalue weighted by Gasteiger charge is 2.41. The average Bonchev–Trinajstić information content (AvgIpc) is 2.97. The number of anilines is 1. The maximum Gasteiger partial charge on any atom is 0.246 e. The van der Waals surface area contributed by atoms with Crippen LogP contribution in [0.4, 0.5) is 5.82 Å². The number of carbonyl (C=O) groups excluding carboxylic acids is 2. The van der Waals surface area contributed by atoms with E-state index in [9.17, 15) is 9.59 Å². The molecule has 0 saturated carbocycles. The Hall–Kier alpha value is -2.11. The van der Waals surface area contributed by atoms with Crippen LogP contribution in [0.5, 0.6) is 0 Å². The number of fused-ring (bicyclic) bond motifs is 1. The topological polar surface area (TPSA) is 65.5 Å². The zero-order valence-electron chi connectivity index (χ0n) is 12.2. The van der Waals surface area contributed by atoms with Gasteiger partial charge in [-0.2, -0.15) is 0 Å². The molecule has 0 spiro atoms. The fourth-order valence-electron chi connectivity index (χ4n) is 3.02. The van der Waals surface area contributed by atoms with Crippen LogP contribution in [-0.2, 0) is 16.1 Å². The predicted molar refractivity (Wildman–Crippen MR) is 78.6 cm³/mol. The number of hydrogen-bond donors (Lipinski definition) is 1. The molecule has 1 atom stereocenters. The number of pyridine rings is 1. The number of nitrogens with one attached hydrogen (secondary N) is 1. The smallest absolute Gasteiger partial charge is 0.246 e. The Morgan fingerprint density at radius 3 is 2.95 bits per heavy atom. The third-order valence-corrected chi connectivity index (χ3v) is 4.05. The van der Waals surface area contributed by atoms with Crippen LogP contribution >= 0.6 is 0 Å². The molecule has 1 N–H and O–H groups in total. The zero-order valence-corrected chi connectivity index (χ0v) is 12.2. The van der Waals surface area contributed by atoms with E-state index >= 15 is 0 Å². The maximum atomic E-state index is 12.4. The van der Waals surface area contributed by atoms with E-state index in [4.69, 9.17) is 0 Å².